The summed E-state index contributed by atoms with van der Waals surface area (Å²) < 4.78 is 0. The highest BCUT2D eigenvalue weighted by Gasteiger charge is 2.09. The van der Waals surface area contributed by atoms with Crippen LogP contribution in [0.5, 0.6) is 0 Å². The van der Waals surface area contributed by atoms with Gasteiger partial charge in [0.1, 0.15) is 5.69 Å². The molecule has 0 saturated carbocycles. The van der Waals surface area contributed by atoms with E-state index in [4.69, 9.17) is 16.7 Å². The zero-order valence-electron chi connectivity index (χ0n) is 10.8. The summed E-state index contributed by atoms with van der Waals surface area (Å²) in [7, 11) is 0. The molecule has 0 aliphatic heterocycles. The van der Waals surface area contributed by atoms with Gasteiger partial charge in [-0.15, -0.1) is 0 Å². The Kier molecular flexibility index (Phi) is 3.23. The van der Waals surface area contributed by atoms with Crippen molar-refractivity contribution in [2.45, 2.75) is 0 Å². The molecular formula is C16H10ClNO3. The van der Waals surface area contributed by atoms with E-state index >= 15 is 0 Å². The van der Waals surface area contributed by atoms with Crippen LogP contribution in [0.4, 0.5) is 0 Å². The van der Waals surface area contributed by atoms with E-state index in [0.717, 1.165) is 17.2 Å². The first-order chi connectivity index (χ1) is 10.1. The van der Waals surface area contributed by atoms with Gasteiger partial charge in [0.05, 0.1) is 5.52 Å². The van der Waals surface area contributed by atoms with Crippen molar-refractivity contribution in [3.8, 4) is 11.1 Å². The molecule has 0 spiro atoms. The van der Waals surface area contributed by atoms with Gasteiger partial charge in [-0.1, -0.05) is 35.9 Å². The van der Waals surface area contributed by atoms with Crippen molar-refractivity contribution < 1.29 is 9.90 Å². The maximum Gasteiger partial charge on any atom is 0.352 e. The van der Waals surface area contributed by atoms with Crippen molar-refractivity contribution in [2.75, 3.05) is 0 Å². The number of fused-ring (bicyclic) bond motifs is 1. The van der Waals surface area contributed by atoms with Crippen LogP contribution in [0.2, 0.25) is 5.02 Å². The summed E-state index contributed by atoms with van der Waals surface area (Å²) in [6.07, 6.45) is 0. The van der Waals surface area contributed by atoms with Gasteiger partial charge in [-0.3, -0.25) is 4.79 Å². The smallest absolute Gasteiger partial charge is 0.352 e. The minimum absolute atomic E-state index is 0.135. The molecule has 0 aliphatic rings. The number of aromatic amines is 1. The predicted molar refractivity (Wildman–Crippen MR) is 82.0 cm³/mol. The number of carboxylic acids is 1. The third-order valence-electron chi connectivity index (χ3n) is 3.25. The molecule has 3 rings (SSSR count). The van der Waals surface area contributed by atoms with Gasteiger partial charge < -0.3 is 10.1 Å². The summed E-state index contributed by atoms with van der Waals surface area (Å²) in [6, 6.07) is 13.6. The molecule has 1 heterocycles. The van der Waals surface area contributed by atoms with Crippen molar-refractivity contribution >= 4 is 28.5 Å². The van der Waals surface area contributed by atoms with E-state index in [1.807, 2.05) is 18.2 Å². The van der Waals surface area contributed by atoms with Crippen LogP contribution in [0.15, 0.2) is 53.3 Å². The summed E-state index contributed by atoms with van der Waals surface area (Å²) >= 11 is 6.16. The molecule has 5 heteroatoms. The molecule has 21 heavy (non-hydrogen) atoms. The molecule has 0 amide bonds. The Balaban J connectivity index is 2.27. The average Bonchev–Trinajstić information content (AvgIpc) is 2.47. The van der Waals surface area contributed by atoms with Crippen molar-refractivity contribution in [3.63, 3.8) is 0 Å². The Morgan fingerprint density at radius 1 is 1.10 bits per heavy atom. The molecule has 3 aromatic rings. The standard InChI is InChI=1S/C16H10ClNO3/c17-12-4-2-1-3-10(12)9-5-6-11-13(7-9)18-14(16(20)21)8-15(11)19/h1-8H,(H,18,19)(H,20,21). The monoisotopic (exact) mass is 299 g/mol. The maximum atomic E-state index is 11.9. The molecule has 0 unspecified atom stereocenters. The Labute approximate surface area is 124 Å². The van der Waals surface area contributed by atoms with Gasteiger partial charge in [0.25, 0.3) is 0 Å². The van der Waals surface area contributed by atoms with Crippen LogP contribution >= 0.6 is 11.6 Å². The lowest BCUT2D eigenvalue weighted by Gasteiger charge is -2.06. The van der Waals surface area contributed by atoms with E-state index < -0.39 is 5.97 Å². The Bertz CT molecular complexity index is 915. The van der Waals surface area contributed by atoms with Crippen LogP contribution in [0, 0.1) is 0 Å². The normalized spacial score (nSPS) is 10.7. The number of carboxylic acid groups (broad SMARTS) is 1. The number of benzene rings is 2. The fourth-order valence-corrected chi connectivity index (χ4v) is 2.48. The number of H-pyrrole nitrogens is 1. The average molecular weight is 300 g/mol. The van der Waals surface area contributed by atoms with Crippen LogP contribution < -0.4 is 5.43 Å². The molecule has 2 aromatic carbocycles. The summed E-state index contributed by atoms with van der Waals surface area (Å²) in [4.78, 5) is 25.7. The fraction of sp³-hybridized carbons (Fsp3) is 0. The highest BCUT2D eigenvalue weighted by Crippen LogP contribution is 2.28. The summed E-state index contributed by atoms with van der Waals surface area (Å²) in [5, 5.41) is 10.0. The topological polar surface area (TPSA) is 70.2 Å². The molecule has 1 aromatic heterocycles. The minimum Gasteiger partial charge on any atom is -0.477 e. The van der Waals surface area contributed by atoms with Gasteiger partial charge in [-0.2, -0.15) is 0 Å². The van der Waals surface area contributed by atoms with Gasteiger partial charge in [0, 0.05) is 22.0 Å². The number of aromatic nitrogens is 1. The molecular weight excluding hydrogens is 290 g/mol. The quantitative estimate of drug-likeness (QED) is 0.760. The van der Waals surface area contributed by atoms with Crippen LogP contribution in [0.1, 0.15) is 10.5 Å². The number of hydrogen-bond acceptors (Lipinski definition) is 2. The van der Waals surface area contributed by atoms with E-state index in [0.29, 0.717) is 15.9 Å². The highest BCUT2D eigenvalue weighted by atomic mass is 35.5. The SMILES string of the molecule is O=C(O)c1cc(=O)c2ccc(-c3ccccc3Cl)cc2[nH]1. The molecule has 104 valence electrons. The lowest BCUT2D eigenvalue weighted by molar-refractivity contribution is 0.0691. The van der Waals surface area contributed by atoms with Crippen LogP contribution in [-0.2, 0) is 0 Å². The lowest BCUT2D eigenvalue weighted by Crippen LogP contribution is -2.09. The molecule has 0 aliphatic carbocycles. The number of hydrogen-bond donors (Lipinski definition) is 2. The second kappa shape index (κ2) is 5.07. The van der Waals surface area contributed by atoms with E-state index in [1.165, 1.54) is 0 Å². The number of aromatic carboxylic acids is 1. The predicted octanol–water partition coefficient (Wildman–Crippen LogP) is 3.55. The number of pyridine rings is 1. The van der Waals surface area contributed by atoms with Crippen molar-refractivity contribution in [2.24, 2.45) is 0 Å². The van der Waals surface area contributed by atoms with Crippen LogP contribution in [0.25, 0.3) is 22.0 Å². The first-order valence-electron chi connectivity index (χ1n) is 6.21. The van der Waals surface area contributed by atoms with Crippen molar-refractivity contribution in [3.05, 3.63) is 69.5 Å². The lowest BCUT2D eigenvalue weighted by atomic mass is 10.0. The molecule has 0 radical (unpaired) electrons. The first-order valence-corrected chi connectivity index (χ1v) is 6.59. The van der Waals surface area contributed by atoms with Gasteiger partial charge in [-0.05, 0) is 23.8 Å². The zero-order chi connectivity index (χ0) is 15.0. The molecule has 2 N–H and O–H groups in total. The molecule has 4 nitrogen and oxygen atoms in total. The first kappa shape index (κ1) is 13.4. The summed E-state index contributed by atoms with van der Waals surface area (Å²) in [6.45, 7) is 0. The number of nitrogens with one attached hydrogen (secondary N) is 1. The maximum absolute atomic E-state index is 11.9. The third kappa shape index (κ3) is 2.41. The Hall–Kier alpha value is -2.59. The van der Waals surface area contributed by atoms with Crippen LogP contribution in [-0.4, -0.2) is 16.1 Å². The van der Waals surface area contributed by atoms with E-state index in [2.05, 4.69) is 4.98 Å². The van der Waals surface area contributed by atoms with Gasteiger partial charge in [-0.25, -0.2) is 4.79 Å². The van der Waals surface area contributed by atoms with Crippen LogP contribution in [0.3, 0.4) is 0 Å². The minimum atomic E-state index is -1.17. The molecule has 0 atom stereocenters. The molecule has 0 saturated heterocycles. The number of rotatable bonds is 2. The van der Waals surface area contributed by atoms with E-state index in [-0.39, 0.29) is 11.1 Å². The largest absolute Gasteiger partial charge is 0.477 e. The highest BCUT2D eigenvalue weighted by molar-refractivity contribution is 6.33. The molecule has 0 fully saturated rings. The van der Waals surface area contributed by atoms with Crippen molar-refractivity contribution in [1.82, 2.24) is 4.98 Å². The third-order valence-corrected chi connectivity index (χ3v) is 3.57. The van der Waals surface area contributed by atoms with Gasteiger partial charge in [0.15, 0.2) is 5.43 Å². The van der Waals surface area contributed by atoms with E-state index in [1.54, 1.807) is 24.3 Å². The fourth-order valence-electron chi connectivity index (χ4n) is 2.23. The van der Waals surface area contributed by atoms with Gasteiger partial charge in [0.2, 0.25) is 0 Å². The number of halogens is 1. The summed E-state index contributed by atoms with van der Waals surface area (Å²) in [5.41, 5.74) is 1.64. The number of carbonyl (C=O) groups is 1. The second-order valence-corrected chi connectivity index (χ2v) is 5.00. The Morgan fingerprint density at radius 3 is 2.57 bits per heavy atom. The Morgan fingerprint density at radius 2 is 1.86 bits per heavy atom. The zero-order valence-corrected chi connectivity index (χ0v) is 11.5. The molecule has 0 bridgehead atoms. The van der Waals surface area contributed by atoms with E-state index in [9.17, 15) is 9.59 Å². The van der Waals surface area contributed by atoms with Gasteiger partial charge >= 0.3 is 5.97 Å². The second-order valence-electron chi connectivity index (χ2n) is 4.59. The summed E-state index contributed by atoms with van der Waals surface area (Å²) in [5.74, 6) is -1.17. The van der Waals surface area contributed by atoms with Crippen molar-refractivity contribution in [1.29, 1.82) is 0 Å².